The number of carbonyl (C=O) groups is 1. The second-order valence-corrected chi connectivity index (χ2v) is 7.25. The summed E-state index contributed by atoms with van der Waals surface area (Å²) in [7, 11) is -3.94. The van der Waals surface area contributed by atoms with Gasteiger partial charge >= 0.3 is 0 Å². The van der Waals surface area contributed by atoms with Gasteiger partial charge in [0, 0.05) is 0 Å². The van der Waals surface area contributed by atoms with Crippen LogP contribution in [0.15, 0.2) is 60.7 Å². The van der Waals surface area contributed by atoms with Gasteiger partial charge in [-0.1, -0.05) is 60.7 Å². The lowest BCUT2D eigenvalue weighted by Gasteiger charge is -2.23. The lowest BCUT2D eigenvalue weighted by Crippen LogP contribution is -2.30. The van der Waals surface area contributed by atoms with E-state index in [1.54, 1.807) is 30.3 Å². The minimum atomic E-state index is -3.94. The zero-order valence-corrected chi connectivity index (χ0v) is 12.8. The van der Waals surface area contributed by atoms with Gasteiger partial charge < -0.3 is 15.3 Å². The largest absolute Gasteiger partial charge is 0.386 e. The zero-order valence-electron chi connectivity index (χ0n) is 11.9. The third kappa shape index (κ3) is 4.28. The van der Waals surface area contributed by atoms with E-state index in [1.165, 1.54) is 0 Å². The molecular formula is C16H18NO4P. The summed E-state index contributed by atoms with van der Waals surface area (Å²) in [4.78, 5) is 22.1. The molecule has 5 nitrogen and oxygen atoms in total. The van der Waals surface area contributed by atoms with Crippen molar-refractivity contribution in [2.24, 2.45) is 0 Å². The fourth-order valence-corrected chi connectivity index (χ4v) is 3.27. The number of hydrogen-bond acceptors (Lipinski definition) is 3. The van der Waals surface area contributed by atoms with Crippen molar-refractivity contribution in [2.45, 2.75) is 12.2 Å². The van der Waals surface area contributed by atoms with Gasteiger partial charge in [0.2, 0.25) is 5.91 Å². The molecule has 2 rings (SSSR count). The highest BCUT2D eigenvalue weighted by Crippen LogP contribution is 2.52. The maximum absolute atomic E-state index is 12.2. The molecule has 0 spiro atoms. The lowest BCUT2D eigenvalue weighted by atomic mass is 10.1. The molecule has 1 unspecified atom stereocenters. The van der Waals surface area contributed by atoms with E-state index >= 15 is 0 Å². The van der Waals surface area contributed by atoms with Crippen molar-refractivity contribution in [2.75, 3.05) is 6.35 Å². The van der Waals surface area contributed by atoms with Crippen molar-refractivity contribution < 1.29 is 19.4 Å². The fourth-order valence-electron chi connectivity index (χ4n) is 2.12. The first-order valence-corrected chi connectivity index (χ1v) is 8.75. The summed E-state index contributed by atoms with van der Waals surface area (Å²) < 4.78 is 12.2. The van der Waals surface area contributed by atoms with Crippen molar-refractivity contribution >= 4 is 13.3 Å². The molecule has 0 saturated heterocycles. The summed E-state index contributed by atoms with van der Waals surface area (Å²) in [5.41, 5.74) is 1.30. The van der Waals surface area contributed by atoms with Crippen LogP contribution in [0.4, 0.5) is 0 Å². The maximum atomic E-state index is 12.2. The smallest absolute Gasteiger partial charge is 0.251 e. The number of aliphatic hydroxyl groups is 1. The van der Waals surface area contributed by atoms with E-state index in [0.29, 0.717) is 5.56 Å². The van der Waals surface area contributed by atoms with Crippen LogP contribution in [0.1, 0.15) is 16.9 Å². The Kier molecular flexibility index (Phi) is 5.50. The Morgan fingerprint density at radius 1 is 1.05 bits per heavy atom. The molecule has 2 atom stereocenters. The van der Waals surface area contributed by atoms with Crippen LogP contribution < -0.4 is 5.32 Å². The molecule has 2 aromatic rings. The number of amides is 1. The van der Waals surface area contributed by atoms with Gasteiger partial charge in [0.15, 0.2) is 0 Å². The average molecular weight is 319 g/mol. The molecule has 0 aliphatic rings. The van der Waals surface area contributed by atoms with E-state index in [1.807, 2.05) is 30.3 Å². The second kappa shape index (κ2) is 7.36. The molecule has 0 saturated carbocycles. The lowest BCUT2D eigenvalue weighted by molar-refractivity contribution is -0.120. The van der Waals surface area contributed by atoms with Crippen LogP contribution in [-0.4, -0.2) is 22.3 Å². The molecule has 0 heterocycles. The van der Waals surface area contributed by atoms with Crippen LogP contribution in [-0.2, 0) is 15.8 Å². The summed E-state index contributed by atoms with van der Waals surface area (Å²) in [6.07, 6.45) is -0.784. The molecule has 0 fully saturated rings. The molecule has 0 aliphatic carbocycles. The number of rotatable bonds is 6. The minimum absolute atomic E-state index is 0.107. The highest BCUT2D eigenvalue weighted by molar-refractivity contribution is 7.58. The van der Waals surface area contributed by atoms with Gasteiger partial charge in [-0.2, -0.15) is 0 Å². The molecule has 0 radical (unpaired) electrons. The van der Waals surface area contributed by atoms with Crippen LogP contribution in [0.2, 0.25) is 0 Å². The third-order valence-corrected chi connectivity index (χ3v) is 4.87. The van der Waals surface area contributed by atoms with Gasteiger partial charge in [0.05, 0.1) is 6.42 Å². The summed E-state index contributed by atoms with van der Waals surface area (Å²) in [6.45, 7) is 0. The van der Waals surface area contributed by atoms with Crippen molar-refractivity contribution in [1.82, 2.24) is 5.32 Å². The van der Waals surface area contributed by atoms with Gasteiger partial charge in [-0.3, -0.25) is 9.36 Å². The summed E-state index contributed by atoms with van der Waals surface area (Å²) in [6, 6.07) is 17.6. The number of aliphatic hydroxyl groups excluding tert-OH is 1. The fraction of sp³-hybridized carbons (Fsp3) is 0.188. The Balaban J connectivity index is 2.17. The molecule has 2 aromatic carbocycles. The van der Waals surface area contributed by atoms with Crippen LogP contribution in [0.5, 0.6) is 0 Å². The number of carbonyl (C=O) groups excluding carboxylic acids is 1. The summed E-state index contributed by atoms with van der Waals surface area (Å²) >= 11 is 0. The molecule has 1 amide bonds. The first kappa shape index (κ1) is 16.4. The Hall–Kier alpha value is -1.94. The predicted molar refractivity (Wildman–Crippen MR) is 84.4 cm³/mol. The van der Waals surface area contributed by atoms with E-state index in [0.717, 1.165) is 5.56 Å². The van der Waals surface area contributed by atoms with Gasteiger partial charge in [-0.15, -0.1) is 0 Å². The average Bonchev–Trinajstić information content (AvgIpc) is 2.54. The van der Waals surface area contributed by atoms with Crippen molar-refractivity contribution in [3.05, 3.63) is 71.8 Å². The van der Waals surface area contributed by atoms with Crippen LogP contribution in [0.25, 0.3) is 0 Å². The van der Waals surface area contributed by atoms with E-state index in [4.69, 9.17) is 5.11 Å². The maximum Gasteiger partial charge on any atom is 0.251 e. The molecule has 0 aliphatic heterocycles. The molecule has 3 N–H and O–H groups in total. The van der Waals surface area contributed by atoms with Crippen LogP contribution in [0, 0.1) is 0 Å². The summed E-state index contributed by atoms with van der Waals surface area (Å²) in [5, 5.41) is 11.7. The Morgan fingerprint density at radius 3 is 2.14 bits per heavy atom. The van der Waals surface area contributed by atoms with E-state index in [2.05, 4.69) is 5.32 Å². The second-order valence-electron chi connectivity index (χ2n) is 4.94. The molecule has 0 aromatic heterocycles. The van der Waals surface area contributed by atoms with E-state index < -0.39 is 19.5 Å². The third-order valence-electron chi connectivity index (χ3n) is 3.23. The Labute approximate surface area is 129 Å². The summed E-state index contributed by atoms with van der Waals surface area (Å²) in [5.74, 6) is -1.49. The highest BCUT2D eigenvalue weighted by Gasteiger charge is 2.32. The quantitative estimate of drug-likeness (QED) is 0.713. The monoisotopic (exact) mass is 319 g/mol. The SMILES string of the molecule is O=C(Cc1ccccc1)N[C@H](c1ccccc1)P(=O)(O)CO. The molecular weight excluding hydrogens is 301 g/mol. The number of benzene rings is 2. The first-order chi connectivity index (χ1) is 10.5. The van der Waals surface area contributed by atoms with Gasteiger partial charge in [0.1, 0.15) is 12.1 Å². The topological polar surface area (TPSA) is 86.6 Å². The normalized spacial score (nSPS) is 14.8. The molecule has 116 valence electrons. The van der Waals surface area contributed by atoms with Crippen molar-refractivity contribution in [1.29, 1.82) is 0 Å². The van der Waals surface area contributed by atoms with E-state index in [-0.39, 0.29) is 12.3 Å². The molecule has 22 heavy (non-hydrogen) atoms. The van der Waals surface area contributed by atoms with Gasteiger partial charge in [-0.05, 0) is 11.1 Å². The molecule has 0 bridgehead atoms. The van der Waals surface area contributed by atoms with Gasteiger partial charge in [-0.25, -0.2) is 0 Å². The van der Waals surface area contributed by atoms with Crippen LogP contribution >= 0.6 is 7.37 Å². The predicted octanol–water partition coefficient (Wildman–Crippen LogP) is 2.26. The Bertz CT molecular complexity index is 660. The van der Waals surface area contributed by atoms with Crippen molar-refractivity contribution in [3.63, 3.8) is 0 Å². The van der Waals surface area contributed by atoms with E-state index in [9.17, 15) is 14.3 Å². The number of hydrogen-bond donors (Lipinski definition) is 3. The highest BCUT2D eigenvalue weighted by atomic mass is 31.2. The Morgan fingerprint density at radius 2 is 1.59 bits per heavy atom. The van der Waals surface area contributed by atoms with Crippen molar-refractivity contribution in [3.8, 4) is 0 Å². The first-order valence-electron chi connectivity index (χ1n) is 6.83. The zero-order chi connectivity index (χ0) is 16.0. The van der Waals surface area contributed by atoms with Gasteiger partial charge in [0.25, 0.3) is 7.37 Å². The standard InChI is InChI=1S/C16H18NO4P/c18-12-22(20,21)16(14-9-5-2-6-10-14)17-15(19)11-13-7-3-1-4-8-13/h1-10,16,18H,11-12H2,(H,17,19)(H,20,21)/t16-/m0/s1. The minimum Gasteiger partial charge on any atom is -0.386 e. The number of nitrogens with one attached hydrogen (secondary N) is 1. The molecule has 6 heteroatoms. The van der Waals surface area contributed by atoms with Crippen LogP contribution in [0.3, 0.4) is 0 Å².